The molecule has 0 aromatic carbocycles. The second-order valence-corrected chi connectivity index (χ2v) is 3.32. The SMILES string of the molecule is FC(F)(F)c1cc(Br)ncc1S. The van der Waals surface area contributed by atoms with Gasteiger partial charge in [0.25, 0.3) is 0 Å². The molecule has 0 bridgehead atoms. The summed E-state index contributed by atoms with van der Waals surface area (Å²) in [5, 5.41) is 0. The van der Waals surface area contributed by atoms with Gasteiger partial charge in [0.15, 0.2) is 0 Å². The summed E-state index contributed by atoms with van der Waals surface area (Å²) in [5.74, 6) is 0. The van der Waals surface area contributed by atoms with Crippen LogP contribution in [0.1, 0.15) is 5.56 Å². The second kappa shape index (κ2) is 3.26. The zero-order valence-electron chi connectivity index (χ0n) is 5.56. The van der Waals surface area contributed by atoms with Crippen LogP contribution in [-0.4, -0.2) is 4.98 Å². The van der Waals surface area contributed by atoms with E-state index in [4.69, 9.17) is 0 Å². The van der Waals surface area contributed by atoms with E-state index < -0.39 is 11.7 Å². The molecule has 1 nitrogen and oxygen atoms in total. The lowest BCUT2D eigenvalue weighted by molar-refractivity contribution is -0.139. The standard InChI is InChI=1S/C6H3BrF3NS/c7-5-1-3(6(8,9)10)4(12)2-11-5/h1-2,12H. The highest BCUT2D eigenvalue weighted by molar-refractivity contribution is 9.10. The summed E-state index contributed by atoms with van der Waals surface area (Å²) in [6.07, 6.45) is -3.32. The van der Waals surface area contributed by atoms with E-state index in [0.717, 1.165) is 12.3 Å². The first-order chi connectivity index (χ1) is 5.41. The van der Waals surface area contributed by atoms with Crippen molar-refractivity contribution in [1.82, 2.24) is 4.98 Å². The van der Waals surface area contributed by atoms with E-state index in [-0.39, 0.29) is 9.50 Å². The van der Waals surface area contributed by atoms with Gasteiger partial charge in [-0.2, -0.15) is 13.2 Å². The smallest absolute Gasteiger partial charge is 0.248 e. The van der Waals surface area contributed by atoms with E-state index in [1.165, 1.54) is 0 Å². The minimum absolute atomic E-state index is 0.146. The third-order valence-corrected chi connectivity index (χ3v) is 1.95. The summed E-state index contributed by atoms with van der Waals surface area (Å²) >= 11 is 6.48. The molecule has 0 saturated heterocycles. The molecule has 0 aliphatic carbocycles. The highest BCUT2D eigenvalue weighted by Crippen LogP contribution is 2.34. The molecule has 0 unspecified atom stereocenters. The van der Waals surface area contributed by atoms with Gasteiger partial charge >= 0.3 is 6.18 Å². The summed E-state index contributed by atoms with van der Waals surface area (Å²) in [6, 6.07) is 0.891. The van der Waals surface area contributed by atoms with Crippen LogP contribution in [0.4, 0.5) is 13.2 Å². The predicted molar refractivity (Wildman–Crippen MR) is 44.2 cm³/mol. The Morgan fingerprint density at radius 1 is 1.42 bits per heavy atom. The van der Waals surface area contributed by atoms with Crippen LogP contribution in [0.15, 0.2) is 21.8 Å². The Balaban J connectivity index is 3.23. The fraction of sp³-hybridized carbons (Fsp3) is 0.167. The molecule has 0 aliphatic rings. The molecule has 0 atom stereocenters. The van der Waals surface area contributed by atoms with Crippen molar-refractivity contribution in [2.24, 2.45) is 0 Å². The average Bonchev–Trinajstić information content (AvgIpc) is 1.92. The molecule has 1 heterocycles. The molecule has 6 heteroatoms. The van der Waals surface area contributed by atoms with E-state index in [1.807, 2.05) is 0 Å². The Morgan fingerprint density at radius 3 is 2.42 bits per heavy atom. The number of thiol groups is 1. The van der Waals surface area contributed by atoms with Gasteiger partial charge in [0, 0.05) is 11.1 Å². The van der Waals surface area contributed by atoms with Crippen molar-refractivity contribution in [3.8, 4) is 0 Å². The maximum absolute atomic E-state index is 12.1. The number of halogens is 4. The van der Waals surface area contributed by atoms with Gasteiger partial charge in [-0.05, 0) is 22.0 Å². The topological polar surface area (TPSA) is 12.9 Å². The number of aromatic nitrogens is 1. The number of pyridine rings is 1. The molecule has 1 rings (SSSR count). The van der Waals surface area contributed by atoms with Gasteiger partial charge in [-0.15, -0.1) is 12.6 Å². The lowest BCUT2D eigenvalue weighted by atomic mass is 10.3. The third-order valence-electron chi connectivity index (χ3n) is 1.15. The normalized spacial score (nSPS) is 11.8. The molecule has 1 aromatic rings. The minimum atomic E-state index is -4.37. The van der Waals surface area contributed by atoms with Gasteiger partial charge in [0.05, 0.1) is 5.56 Å². The van der Waals surface area contributed by atoms with Crippen molar-refractivity contribution < 1.29 is 13.2 Å². The number of nitrogens with zero attached hydrogens (tertiary/aromatic N) is 1. The van der Waals surface area contributed by atoms with Gasteiger partial charge in [-0.1, -0.05) is 0 Å². The van der Waals surface area contributed by atoms with E-state index in [9.17, 15) is 13.2 Å². The van der Waals surface area contributed by atoms with Crippen LogP contribution in [0.2, 0.25) is 0 Å². The predicted octanol–water partition coefficient (Wildman–Crippen LogP) is 3.15. The van der Waals surface area contributed by atoms with Crippen LogP contribution >= 0.6 is 28.6 Å². The Bertz CT molecular complexity index is 299. The Labute approximate surface area is 80.5 Å². The number of alkyl halides is 3. The summed E-state index contributed by atoms with van der Waals surface area (Å²) in [6.45, 7) is 0. The molecule has 0 spiro atoms. The molecule has 0 amide bonds. The molecular formula is C6H3BrF3NS. The Kier molecular flexibility index (Phi) is 2.67. The summed E-state index contributed by atoms with van der Waals surface area (Å²) in [4.78, 5) is 3.42. The number of hydrogen-bond acceptors (Lipinski definition) is 2. The first-order valence-corrected chi connectivity index (χ1v) is 4.07. The van der Waals surface area contributed by atoms with Gasteiger partial charge in [0.2, 0.25) is 0 Å². The lowest BCUT2D eigenvalue weighted by Crippen LogP contribution is -2.06. The van der Waals surface area contributed by atoms with Crippen LogP contribution in [0.3, 0.4) is 0 Å². The van der Waals surface area contributed by atoms with Crippen LogP contribution in [0.25, 0.3) is 0 Å². The minimum Gasteiger partial charge on any atom is -0.248 e. The molecule has 12 heavy (non-hydrogen) atoms. The molecule has 0 radical (unpaired) electrons. The summed E-state index contributed by atoms with van der Waals surface area (Å²) < 4.78 is 36.5. The molecule has 0 saturated carbocycles. The lowest BCUT2D eigenvalue weighted by Gasteiger charge is -2.08. The van der Waals surface area contributed by atoms with E-state index >= 15 is 0 Å². The number of rotatable bonds is 0. The van der Waals surface area contributed by atoms with Gasteiger partial charge in [-0.25, -0.2) is 4.98 Å². The van der Waals surface area contributed by atoms with E-state index in [1.54, 1.807) is 0 Å². The maximum Gasteiger partial charge on any atom is 0.417 e. The summed E-state index contributed by atoms with van der Waals surface area (Å²) in [7, 11) is 0. The zero-order valence-corrected chi connectivity index (χ0v) is 8.04. The van der Waals surface area contributed by atoms with Gasteiger partial charge < -0.3 is 0 Å². The van der Waals surface area contributed by atoms with Crippen LogP contribution in [0.5, 0.6) is 0 Å². The molecule has 1 aromatic heterocycles. The van der Waals surface area contributed by atoms with Crippen molar-refractivity contribution in [1.29, 1.82) is 0 Å². The van der Waals surface area contributed by atoms with E-state index in [2.05, 4.69) is 33.5 Å². The second-order valence-electron chi connectivity index (χ2n) is 2.02. The van der Waals surface area contributed by atoms with Crippen molar-refractivity contribution in [2.75, 3.05) is 0 Å². The Morgan fingerprint density at radius 2 is 2.00 bits per heavy atom. The van der Waals surface area contributed by atoms with Crippen molar-refractivity contribution in [2.45, 2.75) is 11.1 Å². The first-order valence-electron chi connectivity index (χ1n) is 2.83. The van der Waals surface area contributed by atoms with E-state index in [0.29, 0.717) is 0 Å². The maximum atomic E-state index is 12.1. The molecule has 0 aliphatic heterocycles. The molecule has 0 N–H and O–H groups in total. The largest absolute Gasteiger partial charge is 0.417 e. The highest BCUT2D eigenvalue weighted by atomic mass is 79.9. The molecular weight excluding hydrogens is 255 g/mol. The quantitative estimate of drug-likeness (QED) is 0.557. The summed E-state index contributed by atoms with van der Waals surface area (Å²) in [5.41, 5.74) is -0.785. The fourth-order valence-electron chi connectivity index (χ4n) is 0.650. The first kappa shape index (κ1) is 9.85. The fourth-order valence-corrected chi connectivity index (χ4v) is 1.23. The monoisotopic (exact) mass is 257 g/mol. The van der Waals surface area contributed by atoms with Crippen molar-refractivity contribution in [3.05, 3.63) is 22.4 Å². The van der Waals surface area contributed by atoms with Gasteiger partial charge in [-0.3, -0.25) is 0 Å². The Hall–Kier alpha value is -0.230. The van der Waals surface area contributed by atoms with Crippen LogP contribution < -0.4 is 0 Å². The average molecular weight is 258 g/mol. The van der Waals surface area contributed by atoms with Crippen molar-refractivity contribution >= 4 is 28.6 Å². The van der Waals surface area contributed by atoms with Gasteiger partial charge in [0.1, 0.15) is 4.60 Å². The number of hydrogen-bond donors (Lipinski definition) is 1. The van der Waals surface area contributed by atoms with Crippen LogP contribution in [-0.2, 0) is 6.18 Å². The van der Waals surface area contributed by atoms with Crippen LogP contribution in [0, 0.1) is 0 Å². The van der Waals surface area contributed by atoms with Crippen molar-refractivity contribution in [3.63, 3.8) is 0 Å². The highest BCUT2D eigenvalue weighted by Gasteiger charge is 2.33. The zero-order chi connectivity index (χ0) is 9.35. The third kappa shape index (κ3) is 2.13. The molecule has 66 valence electrons. The molecule has 0 fully saturated rings.